The molecule has 5 nitrogen and oxygen atoms in total. The summed E-state index contributed by atoms with van der Waals surface area (Å²) in [7, 11) is 0. The van der Waals surface area contributed by atoms with Crippen molar-refractivity contribution in [2.24, 2.45) is 0 Å². The average molecular weight is 336 g/mol. The monoisotopic (exact) mass is 336 g/mol. The van der Waals surface area contributed by atoms with E-state index in [4.69, 9.17) is 0 Å². The molecule has 0 fully saturated rings. The van der Waals surface area contributed by atoms with Gasteiger partial charge in [0.15, 0.2) is 5.69 Å². The molecule has 3 aromatic heterocycles. The highest BCUT2D eigenvalue weighted by molar-refractivity contribution is 7.13. The van der Waals surface area contributed by atoms with Crippen LogP contribution in [-0.2, 0) is 6.42 Å². The third kappa shape index (κ3) is 2.83. The van der Waals surface area contributed by atoms with E-state index in [0.717, 1.165) is 22.5 Å². The van der Waals surface area contributed by atoms with E-state index in [0.29, 0.717) is 12.2 Å². The van der Waals surface area contributed by atoms with Crippen molar-refractivity contribution in [3.05, 3.63) is 65.3 Å². The summed E-state index contributed by atoms with van der Waals surface area (Å²) in [6, 6.07) is 13.9. The molecular weight excluding hydrogens is 320 g/mol. The SMILES string of the molecule is O=C(NCCc1c[nH]c2ccccc12)c1cc(-c2cccs2)[nH]n1. The molecule has 0 bridgehead atoms. The second-order valence-electron chi connectivity index (χ2n) is 5.51. The number of rotatable bonds is 5. The highest BCUT2D eigenvalue weighted by atomic mass is 32.1. The number of fused-ring (bicyclic) bond motifs is 1. The molecule has 3 N–H and O–H groups in total. The Kier molecular flexibility index (Phi) is 3.88. The molecule has 120 valence electrons. The number of nitrogens with zero attached hydrogens (tertiary/aromatic N) is 1. The van der Waals surface area contributed by atoms with Crippen LogP contribution in [0.5, 0.6) is 0 Å². The molecule has 3 heterocycles. The number of para-hydroxylation sites is 1. The highest BCUT2D eigenvalue weighted by Gasteiger charge is 2.12. The Balaban J connectivity index is 1.38. The Labute approximate surface area is 142 Å². The Hall–Kier alpha value is -2.86. The van der Waals surface area contributed by atoms with E-state index in [9.17, 15) is 4.79 Å². The maximum absolute atomic E-state index is 12.2. The van der Waals surface area contributed by atoms with E-state index in [1.54, 1.807) is 17.4 Å². The summed E-state index contributed by atoms with van der Waals surface area (Å²) in [6.45, 7) is 0.571. The molecule has 4 aromatic rings. The predicted octanol–water partition coefficient (Wildman–Crippen LogP) is 3.59. The van der Waals surface area contributed by atoms with Gasteiger partial charge < -0.3 is 10.3 Å². The zero-order valence-corrected chi connectivity index (χ0v) is 13.7. The first-order valence-corrected chi connectivity index (χ1v) is 8.62. The van der Waals surface area contributed by atoms with Crippen LogP contribution >= 0.6 is 11.3 Å². The van der Waals surface area contributed by atoms with Gasteiger partial charge in [0, 0.05) is 23.6 Å². The van der Waals surface area contributed by atoms with Gasteiger partial charge in [0.2, 0.25) is 0 Å². The number of benzene rings is 1. The lowest BCUT2D eigenvalue weighted by molar-refractivity contribution is 0.0949. The van der Waals surface area contributed by atoms with Crippen LogP contribution in [0.25, 0.3) is 21.5 Å². The number of hydrogen-bond acceptors (Lipinski definition) is 3. The number of carbonyl (C=O) groups is 1. The topological polar surface area (TPSA) is 73.6 Å². The van der Waals surface area contributed by atoms with Gasteiger partial charge in [0.05, 0.1) is 10.6 Å². The van der Waals surface area contributed by atoms with Crippen molar-refractivity contribution in [2.45, 2.75) is 6.42 Å². The molecule has 1 aromatic carbocycles. The molecule has 24 heavy (non-hydrogen) atoms. The highest BCUT2D eigenvalue weighted by Crippen LogP contribution is 2.23. The first-order chi connectivity index (χ1) is 11.8. The van der Waals surface area contributed by atoms with Crippen molar-refractivity contribution in [2.75, 3.05) is 6.54 Å². The van der Waals surface area contributed by atoms with Crippen molar-refractivity contribution in [3.63, 3.8) is 0 Å². The molecular formula is C18H16N4OS. The van der Waals surface area contributed by atoms with Gasteiger partial charge in [-0.15, -0.1) is 11.3 Å². The summed E-state index contributed by atoms with van der Waals surface area (Å²) in [5, 5.41) is 13.1. The van der Waals surface area contributed by atoms with Crippen LogP contribution in [0.15, 0.2) is 54.0 Å². The fraction of sp³-hybridized carbons (Fsp3) is 0.111. The number of aromatic nitrogens is 3. The summed E-state index contributed by atoms with van der Waals surface area (Å²) in [5.41, 5.74) is 3.60. The normalized spacial score (nSPS) is 11.0. The van der Waals surface area contributed by atoms with Gasteiger partial charge in [-0.05, 0) is 35.6 Å². The van der Waals surface area contributed by atoms with E-state index in [2.05, 4.69) is 26.6 Å². The van der Waals surface area contributed by atoms with E-state index in [-0.39, 0.29) is 5.91 Å². The molecule has 0 aliphatic carbocycles. The number of hydrogen-bond donors (Lipinski definition) is 3. The minimum Gasteiger partial charge on any atom is -0.361 e. The van der Waals surface area contributed by atoms with Crippen LogP contribution < -0.4 is 5.32 Å². The lowest BCUT2D eigenvalue weighted by Crippen LogP contribution is -2.25. The zero-order valence-electron chi connectivity index (χ0n) is 12.9. The number of thiophene rings is 1. The Morgan fingerprint density at radius 2 is 2.12 bits per heavy atom. The summed E-state index contributed by atoms with van der Waals surface area (Å²) >= 11 is 1.61. The molecule has 0 saturated heterocycles. The minimum atomic E-state index is -0.158. The van der Waals surface area contributed by atoms with Gasteiger partial charge >= 0.3 is 0 Å². The number of H-pyrrole nitrogens is 2. The molecule has 0 saturated carbocycles. The van der Waals surface area contributed by atoms with Gasteiger partial charge in [-0.3, -0.25) is 9.89 Å². The standard InChI is InChI=1S/C18H16N4OS/c23-18(16-10-15(21-22-16)17-6-3-9-24-17)19-8-7-12-11-20-14-5-2-1-4-13(12)14/h1-6,9-11,20H,7-8H2,(H,19,23)(H,21,22). The first kappa shape index (κ1) is 14.7. The molecule has 0 radical (unpaired) electrons. The van der Waals surface area contributed by atoms with Gasteiger partial charge in [-0.2, -0.15) is 5.10 Å². The summed E-state index contributed by atoms with van der Waals surface area (Å²) in [6.07, 6.45) is 2.78. The predicted molar refractivity (Wildman–Crippen MR) is 96.2 cm³/mol. The molecule has 0 spiro atoms. The molecule has 1 amide bonds. The lowest BCUT2D eigenvalue weighted by atomic mass is 10.1. The Morgan fingerprint density at radius 1 is 1.21 bits per heavy atom. The van der Waals surface area contributed by atoms with Gasteiger partial charge in [0.25, 0.3) is 5.91 Å². The number of amides is 1. The fourth-order valence-electron chi connectivity index (χ4n) is 2.74. The van der Waals surface area contributed by atoms with E-state index in [1.807, 2.05) is 41.9 Å². The zero-order chi connectivity index (χ0) is 16.4. The Morgan fingerprint density at radius 3 is 3.00 bits per heavy atom. The third-order valence-electron chi connectivity index (χ3n) is 3.95. The maximum Gasteiger partial charge on any atom is 0.271 e. The van der Waals surface area contributed by atoms with Crippen LogP contribution in [0.4, 0.5) is 0 Å². The molecule has 0 unspecified atom stereocenters. The van der Waals surface area contributed by atoms with Crippen LogP contribution in [0.1, 0.15) is 16.1 Å². The summed E-state index contributed by atoms with van der Waals surface area (Å²) in [5.74, 6) is -0.158. The molecule has 6 heteroatoms. The molecule has 0 atom stereocenters. The lowest BCUT2D eigenvalue weighted by Gasteiger charge is -2.02. The van der Waals surface area contributed by atoms with Crippen molar-refractivity contribution >= 4 is 28.1 Å². The van der Waals surface area contributed by atoms with Gasteiger partial charge in [-0.1, -0.05) is 24.3 Å². The van der Waals surface area contributed by atoms with Gasteiger partial charge in [-0.25, -0.2) is 0 Å². The second-order valence-corrected chi connectivity index (χ2v) is 6.46. The molecule has 0 aliphatic rings. The third-order valence-corrected chi connectivity index (χ3v) is 4.86. The van der Waals surface area contributed by atoms with Gasteiger partial charge in [0.1, 0.15) is 0 Å². The summed E-state index contributed by atoms with van der Waals surface area (Å²) < 4.78 is 0. The smallest absolute Gasteiger partial charge is 0.271 e. The van der Waals surface area contributed by atoms with Crippen molar-refractivity contribution in [1.82, 2.24) is 20.5 Å². The Bertz CT molecular complexity index is 968. The molecule has 0 aliphatic heterocycles. The number of aromatic amines is 2. The maximum atomic E-state index is 12.2. The van der Waals surface area contributed by atoms with Crippen molar-refractivity contribution in [1.29, 1.82) is 0 Å². The average Bonchev–Trinajstić information content (AvgIpc) is 3.35. The van der Waals surface area contributed by atoms with Crippen LogP contribution in [-0.4, -0.2) is 27.6 Å². The van der Waals surface area contributed by atoms with E-state index in [1.165, 1.54) is 10.9 Å². The van der Waals surface area contributed by atoms with E-state index < -0.39 is 0 Å². The minimum absolute atomic E-state index is 0.158. The van der Waals surface area contributed by atoms with Crippen molar-refractivity contribution in [3.8, 4) is 10.6 Å². The number of nitrogens with one attached hydrogen (secondary N) is 3. The molecule has 4 rings (SSSR count). The first-order valence-electron chi connectivity index (χ1n) is 7.74. The quantitative estimate of drug-likeness (QED) is 0.521. The number of carbonyl (C=O) groups excluding carboxylic acids is 1. The summed E-state index contributed by atoms with van der Waals surface area (Å²) in [4.78, 5) is 16.5. The fourth-order valence-corrected chi connectivity index (χ4v) is 3.43. The second kappa shape index (κ2) is 6.33. The van der Waals surface area contributed by atoms with Crippen LogP contribution in [0.3, 0.4) is 0 Å². The van der Waals surface area contributed by atoms with Crippen LogP contribution in [0, 0.1) is 0 Å². The van der Waals surface area contributed by atoms with E-state index >= 15 is 0 Å². The largest absolute Gasteiger partial charge is 0.361 e. The van der Waals surface area contributed by atoms with Crippen LogP contribution in [0.2, 0.25) is 0 Å². The van der Waals surface area contributed by atoms with Crippen molar-refractivity contribution < 1.29 is 4.79 Å².